The Hall–Kier alpha value is -4.09. The van der Waals surface area contributed by atoms with Gasteiger partial charge in [0.15, 0.2) is 5.65 Å². The van der Waals surface area contributed by atoms with Gasteiger partial charge in [0.1, 0.15) is 11.5 Å². The average molecular weight is 494 g/mol. The van der Waals surface area contributed by atoms with Crippen LogP contribution >= 0.6 is 0 Å². The summed E-state index contributed by atoms with van der Waals surface area (Å²) in [6, 6.07) is 7.66. The monoisotopic (exact) mass is 494 g/mol. The van der Waals surface area contributed by atoms with Crippen LogP contribution in [-0.2, 0) is 12.4 Å². The van der Waals surface area contributed by atoms with Crippen molar-refractivity contribution in [2.75, 3.05) is 0 Å². The predicted molar refractivity (Wildman–Crippen MR) is 109 cm³/mol. The molecule has 3 aromatic heterocycles. The van der Waals surface area contributed by atoms with E-state index in [2.05, 4.69) is 20.3 Å². The lowest BCUT2D eigenvalue weighted by Crippen LogP contribution is -2.32. The Bertz CT molecular complexity index is 1400. The van der Waals surface area contributed by atoms with Gasteiger partial charge in [-0.2, -0.15) is 26.3 Å². The number of hydrogen-bond acceptors (Lipinski definition) is 4. The smallest absolute Gasteiger partial charge is 0.338 e. The first-order chi connectivity index (χ1) is 16.4. The minimum Gasteiger partial charge on any atom is -0.338 e. The Morgan fingerprint density at radius 3 is 2.20 bits per heavy atom. The fourth-order valence-corrected chi connectivity index (χ4v) is 3.42. The summed E-state index contributed by atoms with van der Waals surface area (Å²) >= 11 is 0. The third kappa shape index (κ3) is 5.05. The number of nitrogens with one attached hydrogen (secondary N) is 1. The van der Waals surface area contributed by atoms with Crippen molar-refractivity contribution in [2.24, 2.45) is 0 Å². The Balaban J connectivity index is 1.81. The van der Waals surface area contributed by atoms with Crippen molar-refractivity contribution in [3.8, 4) is 0 Å². The van der Waals surface area contributed by atoms with Gasteiger partial charge < -0.3 is 5.32 Å². The second-order valence-electron chi connectivity index (χ2n) is 7.32. The zero-order valence-corrected chi connectivity index (χ0v) is 17.3. The van der Waals surface area contributed by atoms with Crippen molar-refractivity contribution in [3.05, 3.63) is 101 Å². The number of hydrogen-bond donors (Lipinski definition) is 1. The number of halogens is 7. The van der Waals surface area contributed by atoms with E-state index in [4.69, 9.17) is 0 Å². The quantitative estimate of drug-likeness (QED) is 0.369. The van der Waals surface area contributed by atoms with Crippen molar-refractivity contribution < 1.29 is 35.5 Å². The van der Waals surface area contributed by atoms with Crippen LogP contribution in [0, 0.1) is 5.82 Å². The fourth-order valence-electron chi connectivity index (χ4n) is 3.42. The lowest BCUT2D eigenvalue weighted by Gasteiger charge is -2.23. The second-order valence-corrected chi connectivity index (χ2v) is 7.32. The molecule has 1 atom stereocenters. The van der Waals surface area contributed by atoms with Gasteiger partial charge in [0, 0.05) is 17.8 Å². The molecule has 0 saturated heterocycles. The number of fused-ring (bicyclic) bond motifs is 1. The largest absolute Gasteiger partial charge is 0.419 e. The third-order valence-electron chi connectivity index (χ3n) is 5.02. The molecule has 35 heavy (non-hydrogen) atoms. The number of rotatable bonds is 4. The molecule has 0 spiro atoms. The standard InChI is InChI=1S/C23H13F7N4O/c24-16-11-13(5-7-14(16)22(25,26)27)18(19-15(23(28,29)30)4-2-9-31-19)34-21(35)17-8-6-12-3-1-10-32-20(12)33-17/h1-11,18H,(H,34,35)/t18-/m0/s1. The lowest BCUT2D eigenvalue weighted by atomic mass is 9.97. The fraction of sp³-hybridized carbons (Fsp3) is 0.130. The van der Waals surface area contributed by atoms with Crippen LogP contribution in [0.3, 0.4) is 0 Å². The minimum atomic E-state index is -5.02. The predicted octanol–water partition coefficient (Wildman–Crippen LogP) is 5.72. The summed E-state index contributed by atoms with van der Waals surface area (Å²) in [6.45, 7) is 0. The minimum absolute atomic E-state index is 0.186. The molecule has 5 nitrogen and oxygen atoms in total. The number of carbonyl (C=O) groups excluding carboxylic acids is 1. The molecule has 0 aliphatic heterocycles. The molecule has 0 fully saturated rings. The van der Waals surface area contributed by atoms with Crippen LogP contribution in [0.15, 0.2) is 67.0 Å². The maximum Gasteiger partial charge on any atom is 0.419 e. The first kappa shape index (κ1) is 24.0. The first-order valence-corrected chi connectivity index (χ1v) is 9.86. The molecule has 180 valence electrons. The van der Waals surface area contributed by atoms with Crippen molar-refractivity contribution in [1.82, 2.24) is 20.3 Å². The van der Waals surface area contributed by atoms with E-state index in [9.17, 15) is 35.5 Å². The second kappa shape index (κ2) is 8.93. The highest BCUT2D eigenvalue weighted by Gasteiger charge is 2.38. The molecule has 1 aromatic carbocycles. The van der Waals surface area contributed by atoms with Crippen LogP contribution in [-0.4, -0.2) is 20.9 Å². The average Bonchev–Trinajstić information content (AvgIpc) is 2.80. The summed E-state index contributed by atoms with van der Waals surface area (Å²) < 4.78 is 94.3. The van der Waals surface area contributed by atoms with Crippen LogP contribution in [0.1, 0.15) is 38.9 Å². The van der Waals surface area contributed by atoms with E-state index < -0.39 is 46.9 Å². The molecule has 1 amide bonds. The van der Waals surface area contributed by atoms with E-state index >= 15 is 0 Å². The van der Waals surface area contributed by atoms with Crippen molar-refractivity contribution >= 4 is 16.9 Å². The summed E-state index contributed by atoms with van der Waals surface area (Å²) in [4.78, 5) is 24.7. The number of benzene rings is 1. The molecule has 0 unspecified atom stereocenters. The van der Waals surface area contributed by atoms with Gasteiger partial charge in [-0.05, 0) is 54.1 Å². The van der Waals surface area contributed by atoms with Gasteiger partial charge in [0.25, 0.3) is 5.91 Å². The van der Waals surface area contributed by atoms with Gasteiger partial charge in [0.05, 0.1) is 22.9 Å². The summed E-state index contributed by atoms with van der Waals surface area (Å²) in [6.07, 6.45) is -7.50. The number of amides is 1. The Labute approximate surface area is 192 Å². The molecule has 3 heterocycles. The van der Waals surface area contributed by atoms with Crippen molar-refractivity contribution in [3.63, 3.8) is 0 Å². The van der Waals surface area contributed by atoms with Crippen LogP contribution in [0.25, 0.3) is 11.0 Å². The van der Waals surface area contributed by atoms with Gasteiger partial charge in [-0.1, -0.05) is 6.07 Å². The SMILES string of the molecule is O=C(N[C@@H](c1ccc(C(F)(F)F)c(F)c1)c1ncccc1C(F)(F)F)c1ccc2cccnc2n1. The molecule has 0 aliphatic carbocycles. The van der Waals surface area contributed by atoms with E-state index in [1.54, 1.807) is 12.1 Å². The highest BCUT2D eigenvalue weighted by atomic mass is 19.4. The topological polar surface area (TPSA) is 67.8 Å². The number of alkyl halides is 6. The van der Waals surface area contributed by atoms with Gasteiger partial charge >= 0.3 is 12.4 Å². The number of carbonyl (C=O) groups is 1. The lowest BCUT2D eigenvalue weighted by molar-refractivity contribution is -0.140. The molecule has 0 saturated carbocycles. The highest BCUT2D eigenvalue weighted by molar-refractivity contribution is 5.94. The Kier molecular flexibility index (Phi) is 6.14. The van der Waals surface area contributed by atoms with Gasteiger partial charge in [-0.3, -0.25) is 9.78 Å². The number of pyridine rings is 3. The molecule has 0 radical (unpaired) electrons. The first-order valence-electron chi connectivity index (χ1n) is 9.86. The van der Waals surface area contributed by atoms with Crippen molar-refractivity contribution in [1.29, 1.82) is 0 Å². The van der Waals surface area contributed by atoms with Crippen LogP contribution < -0.4 is 5.32 Å². The maximum absolute atomic E-state index is 14.3. The summed E-state index contributed by atoms with van der Waals surface area (Å²) in [5.74, 6) is -2.69. The van der Waals surface area contributed by atoms with Gasteiger partial charge in [0.2, 0.25) is 0 Å². The zero-order chi connectivity index (χ0) is 25.4. The van der Waals surface area contributed by atoms with E-state index in [0.717, 1.165) is 18.3 Å². The normalized spacial score (nSPS) is 13.0. The molecule has 0 bridgehead atoms. The molecule has 0 aliphatic rings. The van der Waals surface area contributed by atoms with E-state index in [1.807, 2.05) is 0 Å². The van der Waals surface area contributed by atoms with Gasteiger partial charge in [-0.15, -0.1) is 0 Å². The molecule has 12 heteroatoms. The number of nitrogens with zero attached hydrogens (tertiary/aromatic N) is 3. The number of aromatic nitrogens is 3. The molecule has 1 N–H and O–H groups in total. The van der Waals surface area contributed by atoms with E-state index in [-0.39, 0.29) is 16.9 Å². The molecular weight excluding hydrogens is 481 g/mol. The Morgan fingerprint density at radius 2 is 1.51 bits per heavy atom. The van der Waals surface area contributed by atoms with Crippen LogP contribution in [0.2, 0.25) is 0 Å². The molecule has 4 rings (SSSR count). The zero-order valence-electron chi connectivity index (χ0n) is 17.3. The van der Waals surface area contributed by atoms with Crippen LogP contribution in [0.5, 0.6) is 0 Å². The third-order valence-corrected chi connectivity index (χ3v) is 5.02. The maximum atomic E-state index is 14.3. The van der Waals surface area contributed by atoms with Gasteiger partial charge in [-0.25, -0.2) is 14.4 Å². The van der Waals surface area contributed by atoms with E-state index in [0.29, 0.717) is 23.6 Å². The molecular formula is C23H13F7N4O. The summed E-state index contributed by atoms with van der Waals surface area (Å²) in [5, 5.41) is 2.88. The summed E-state index contributed by atoms with van der Waals surface area (Å²) in [7, 11) is 0. The van der Waals surface area contributed by atoms with Crippen molar-refractivity contribution in [2.45, 2.75) is 18.4 Å². The van der Waals surface area contributed by atoms with Crippen LogP contribution in [0.4, 0.5) is 30.7 Å². The molecule has 4 aromatic rings. The highest BCUT2D eigenvalue weighted by Crippen LogP contribution is 2.37. The summed E-state index contributed by atoms with van der Waals surface area (Å²) in [5.41, 5.74) is -4.01. The Morgan fingerprint density at radius 1 is 0.829 bits per heavy atom. The van der Waals surface area contributed by atoms with E-state index in [1.165, 1.54) is 18.3 Å².